The van der Waals surface area contributed by atoms with E-state index >= 15 is 0 Å². The van der Waals surface area contributed by atoms with Crippen molar-refractivity contribution >= 4 is 28.2 Å². The fourth-order valence-corrected chi connectivity index (χ4v) is 4.69. The number of rotatable bonds is 5. The molecule has 1 fully saturated rings. The second kappa shape index (κ2) is 8.77. The third kappa shape index (κ3) is 3.85. The van der Waals surface area contributed by atoms with Crippen LogP contribution in [0.15, 0.2) is 43.0 Å². The lowest BCUT2D eigenvalue weighted by atomic mass is 9.90. The first-order chi connectivity index (χ1) is 16.5. The molecule has 176 valence electrons. The molecule has 3 aromatic heterocycles. The maximum atomic E-state index is 13.0. The Morgan fingerprint density at radius 3 is 2.71 bits per heavy atom. The van der Waals surface area contributed by atoms with Crippen LogP contribution in [-0.4, -0.2) is 67.3 Å². The van der Waals surface area contributed by atoms with Gasteiger partial charge in [-0.1, -0.05) is 0 Å². The van der Waals surface area contributed by atoms with Crippen molar-refractivity contribution in [1.29, 1.82) is 0 Å². The molecule has 0 unspecified atom stereocenters. The Labute approximate surface area is 196 Å². The van der Waals surface area contributed by atoms with Crippen LogP contribution < -0.4 is 10.1 Å². The largest absolute Gasteiger partial charge is 0.480 e. The predicted molar refractivity (Wildman–Crippen MR) is 126 cm³/mol. The van der Waals surface area contributed by atoms with Crippen LogP contribution in [0.5, 0.6) is 5.88 Å². The van der Waals surface area contributed by atoms with Crippen LogP contribution in [0.2, 0.25) is 0 Å². The van der Waals surface area contributed by atoms with Crippen LogP contribution in [0, 0.1) is 0 Å². The molecule has 1 aliphatic rings. The van der Waals surface area contributed by atoms with E-state index in [0.717, 1.165) is 47.8 Å². The number of ether oxygens (including phenoxy) is 1. The van der Waals surface area contributed by atoms with Crippen molar-refractivity contribution in [2.24, 2.45) is 0 Å². The second-order valence-corrected chi connectivity index (χ2v) is 8.70. The number of carbonyl (C=O) groups is 2. The number of hydrogen-bond donors (Lipinski definition) is 1. The zero-order valence-corrected chi connectivity index (χ0v) is 19.4. The van der Waals surface area contributed by atoms with Crippen molar-refractivity contribution in [2.45, 2.75) is 44.7 Å². The highest BCUT2D eigenvalue weighted by atomic mass is 16.5. The van der Waals surface area contributed by atoms with Crippen LogP contribution in [-0.2, 0) is 4.79 Å². The fourth-order valence-electron chi connectivity index (χ4n) is 4.69. The molecule has 2 amide bonds. The monoisotopic (exact) mass is 461 g/mol. The predicted octanol–water partition coefficient (Wildman–Crippen LogP) is 2.60. The van der Waals surface area contributed by atoms with Crippen molar-refractivity contribution in [3.8, 4) is 11.6 Å². The fraction of sp³-hybridized carbons (Fsp3) is 0.375. The summed E-state index contributed by atoms with van der Waals surface area (Å²) in [6, 6.07) is 7.62. The lowest BCUT2D eigenvalue weighted by Crippen LogP contribution is -2.44. The van der Waals surface area contributed by atoms with Gasteiger partial charge in [0.05, 0.1) is 29.7 Å². The Bertz CT molecular complexity index is 1370. The van der Waals surface area contributed by atoms with Crippen LogP contribution in [0.4, 0.5) is 0 Å². The summed E-state index contributed by atoms with van der Waals surface area (Å²) in [4.78, 5) is 30.5. The molecule has 34 heavy (non-hydrogen) atoms. The Morgan fingerprint density at radius 1 is 1.18 bits per heavy atom. The first-order valence-electron chi connectivity index (χ1n) is 11.3. The number of aromatic nitrogens is 5. The molecule has 1 aromatic carbocycles. The minimum Gasteiger partial charge on any atom is -0.480 e. The van der Waals surface area contributed by atoms with E-state index < -0.39 is 0 Å². The third-order valence-electron chi connectivity index (χ3n) is 6.70. The molecular formula is C24H27N7O3. The summed E-state index contributed by atoms with van der Waals surface area (Å²) in [6.07, 6.45) is 8.50. The molecule has 4 aromatic rings. The molecular weight excluding hydrogens is 434 g/mol. The maximum Gasteiger partial charge on any atom is 0.251 e. The molecule has 0 radical (unpaired) electrons. The van der Waals surface area contributed by atoms with Gasteiger partial charge in [0.15, 0.2) is 0 Å². The minimum absolute atomic E-state index is 0.0797. The summed E-state index contributed by atoms with van der Waals surface area (Å²) < 4.78 is 9.06. The van der Waals surface area contributed by atoms with Crippen LogP contribution in [0.1, 0.15) is 43.0 Å². The number of fused-ring (bicyclic) bond motifs is 2. The van der Waals surface area contributed by atoms with Crippen LogP contribution in [0.25, 0.3) is 22.1 Å². The molecule has 0 spiro atoms. The van der Waals surface area contributed by atoms with Crippen molar-refractivity contribution in [3.63, 3.8) is 0 Å². The van der Waals surface area contributed by atoms with E-state index in [1.165, 1.54) is 0 Å². The summed E-state index contributed by atoms with van der Waals surface area (Å²) >= 11 is 0. The van der Waals surface area contributed by atoms with E-state index in [4.69, 9.17) is 4.74 Å². The van der Waals surface area contributed by atoms with E-state index in [0.29, 0.717) is 11.4 Å². The summed E-state index contributed by atoms with van der Waals surface area (Å²) in [7, 11) is 3.43. The van der Waals surface area contributed by atoms with E-state index in [9.17, 15) is 9.59 Å². The number of amides is 2. The Balaban J connectivity index is 1.37. The zero-order chi connectivity index (χ0) is 23.8. The molecule has 10 nitrogen and oxygen atoms in total. The Kier molecular flexibility index (Phi) is 5.64. The topological polar surface area (TPSA) is 107 Å². The molecule has 0 aliphatic heterocycles. The van der Waals surface area contributed by atoms with Gasteiger partial charge in [0.25, 0.3) is 5.91 Å². The molecule has 10 heteroatoms. The van der Waals surface area contributed by atoms with Gasteiger partial charge in [0, 0.05) is 37.8 Å². The van der Waals surface area contributed by atoms with Gasteiger partial charge in [0.2, 0.25) is 11.8 Å². The molecule has 0 saturated heterocycles. The number of nitrogens with zero attached hydrogens (tertiary/aromatic N) is 6. The molecule has 0 atom stereocenters. The smallest absolute Gasteiger partial charge is 0.251 e. The van der Waals surface area contributed by atoms with Gasteiger partial charge in [0.1, 0.15) is 12.0 Å². The van der Waals surface area contributed by atoms with Gasteiger partial charge in [-0.3, -0.25) is 9.59 Å². The summed E-state index contributed by atoms with van der Waals surface area (Å²) in [5.74, 6) is 0.488. The van der Waals surface area contributed by atoms with Crippen molar-refractivity contribution < 1.29 is 14.3 Å². The molecule has 3 heterocycles. The van der Waals surface area contributed by atoms with Gasteiger partial charge in [-0.2, -0.15) is 14.9 Å². The lowest BCUT2D eigenvalue weighted by Gasteiger charge is -2.34. The van der Waals surface area contributed by atoms with Crippen molar-refractivity contribution in [2.75, 3.05) is 14.2 Å². The summed E-state index contributed by atoms with van der Waals surface area (Å²) in [5, 5.41) is 12.9. The van der Waals surface area contributed by atoms with Crippen LogP contribution in [0.3, 0.4) is 0 Å². The average Bonchev–Trinajstić information content (AvgIpc) is 3.44. The average molecular weight is 462 g/mol. The molecule has 5 rings (SSSR count). The van der Waals surface area contributed by atoms with E-state index in [-0.39, 0.29) is 23.9 Å². The lowest BCUT2D eigenvalue weighted by molar-refractivity contribution is -0.130. The maximum absolute atomic E-state index is 13.0. The third-order valence-corrected chi connectivity index (χ3v) is 6.70. The van der Waals surface area contributed by atoms with Crippen LogP contribution >= 0.6 is 0 Å². The summed E-state index contributed by atoms with van der Waals surface area (Å²) in [6.45, 7) is 1.59. The number of nitrogens with one attached hydrogen (secondary N) is 1. The standard InChI is InChI=1S/C24H27N7O3/c1-15(32)29(2)18-7-5-17(6-8-18)27-23(33)16-4-9-20-19(12-16)24(34-3)31(28-20)22-13-26-30-14-25-11-10-21(22)30/h4,9-14,17-18H,5-8H2,1-3H3,(H,27,33). The number of methoxy groups -OCH3 is 1. The Hall–Kier alpha value is -3.95. The second-order valence-electron chi connectivity index (χ2n) is 8.70. The molecule has 1 aliphatic carbocycles. The van der Waals surface area contributed by atoms with Crippen molar-refractivity contribution in [3.05, 3.63) is 48.5 Å². The minimum atomic E-state index is -0.123. The Morgan fingerprint density at radius 2 is 1.97 bits per heavy atom. The van der Waals surface area contributed by atoms with Gasteiger partial charge in [-0.25, -0.2) is 9.50 Å². The van der Waals surface area contributed by atoms with Crippen molar-refractivity contribution in [1.82, 2.24) is 34.6 Å². The SMILES string of the molecule is COc1c2cc(C(=O)NC3CCC(N(C)C(C)=O)CC3)ccc2nn1-c1cnn2cnccc12. The summed E-state index contributed by atoms with van der Waals surface area (Å²) in [5.41, 5.74) is 2.87. The van der Waals surface area contributed by atoms with Gasteiger partial charge < -0.3 is 15.0 Å². The molecule has 0 bridgehead atoms. The van der Waals surface area contributed by atoms with Gasteiger partial charge in [-0.15, -0.1) is 0 Å². The normalized spacial score (nSPS) is 18.2. The van der Waals surface area contributed by atoms with Gasteiger partial charge >= 0.3 is 0 Å². The van der Waals surface area contributed by atoms with E-state index in [1.807, 2.05) is 25.2 Å². The number of benzene rings is 1. The molecule has 1 saturated carbocycles. The molecule has 1 N–H and O–H groups in total. The quantitative estimate of drug-likeness (QED) is 0.490. The first kappa shape index (κ1) is 21.9. The highest BCUT2D eigenvalue weighted by molar-refractivity contribution is 5.99. The highest BCUT2D eigenvalue weighted by Crippen LogP contribution is 2.31. The highest BCUT2D eigenvalue weighted by Gasteiger charge is 2.26. The number of hydrogen-bond acceptors (Lipinski definition) is 6. The first-order valence-corrected chi connectivity index (χ1v) is 11.3. The van der Waals surface area contributed by atoms with E-state index in [1.54, 1.807) is 52.9 Å². The van der Waals surface area contributed by atoms with Gasteiger partial charge in [-0.05, 0) is 49.9 Å². The zero-order valence-electron chi connectivity index (χ0n) is 19.4. The van der Waals surface area contributed by atoms with E-state index in [2.05, 4.69) is 20.5 Å². The number of carbonyl (C=O) groups excluding carboxylic acids is 2.